The van der Waals surface area contributed by atoms with Gasteiger partial charge in [0, 0.05) is 13.1 Å². The Hall–Kier alpha value is -2.24. The van der Waals surface area contributed by atoms with E-state index in [9.17, 15) is 9.18 Å². The number of carbonyl (C=O) groups is 1. The quantitative estimate of drug-likeness (QED) is 0.857. The minimum atomic E-state index is -0.305. The van der Waals surface area contributed by atoms with Crippen LogP contribution in [0, 0.1) is 18.7 Å². The number of benzene rings is 1. The van der Waals surface area contributed by atoms with Crippen LogP contribution in [-0.4, -0.2) is 38.7 Å². The topological polar surface area (TPSA) is 51.0 Å². The van der Waals surface area contributed by atoms with Crippen LogP contribution in [-0.2, 0) is 0 Å². The first-order valence-corrected chi connectivity index (χ1v) is 7.53. The molecule has 0 unspecified atom stereocenters. The van der Waals surface area contributed by atoms with E-state index in [0.29, 0.717) is 17.4 Å². The molecule has 116 valence electrons. The van der Waals surface area contributed by atoms with Crippen molar-refractivity contribution < 1.29 is 9.18 Å². The molecule has 1 amide bonds. The van der Waals surface area contributed by atoms with Gasteiger partial charge in [0.05, 0.1) is 5.69 Å². The average molecular weight is 302 g/mol. The lowest BCUT2D eigenvalue weighted by Gasteiger charge is -2.29. The standard InChI is InChI=1S/C16H19FN4O/c1-11-7-9-20(10-8-11)16(22)15-18-12(2)21(19-15)14-5-3-13(17)4-6-14/h3-6,11H,7-10H2,1-2H3. The van der Waals surface area contributed by atoms with E-state index in [4.69, 9.17) is 0 Å². The zero-order valence-corrected chi connectivity index (χ0v) is 12.8. The molecule has 1 saturated heterocycles. The van der Waals surface area contributed by atoms with Gasteiger partial charge in [0.2, 0.25) is 5.82 Å². The molecular formula is C16H19FN4O. The van der Waals surface area contributed by atoms with Gasteiger partial charge in [-0.1, -0.05) is 6.92 Å². The number of hydrogen-bond donors (Lipinski definition) is 0. The van der Waals surface area contributed by atoms with Crippen molar-refractivity contribution in [2.45, 2.75) is 26.7 Å². The highest BCUT2D eigenvalue weighted by atomic mass is 19.1. The zero-order valence-electron chi connectivity index (χ0n) is 12.8. The van der Waals surface area contributed by atoms with E-state index in [0.717, 1.165) is 25.9 Å². The number of aromatic nitrogens is 3. The SMILES string of the molecule is Cc1nc(C(=O)N2CCC(C)CC2)nn1-c1ccc(F)cc1. The van der Waals surface area contributed by atoms with Gasteiger partial charge in [0.15, 0.2) is 0 Å². The van der Waals surface area contributed by atoms with Crippen molar-refractivity contribution >= 4 is 5.91 Å². The number of amides is 1. The summed E-state index contributed by atoms with van der Waals surface area (Å²) in [7, 11) is 0. The van der Waals surface area contributed by atoms with Gasteiger partial charge in [0.25, 0.3) is 5.91 Å². The van der Waals surface area contributed by atoms with Crippen LogP contribution in [0.3, 0.4) is 0 Å². The molecule has 0 atom stereocenters. The molecule has 6 heteroatoms. The monoisotopic (exact) mass is 302 g/mol. The van der Waals surface area contributed by atoms with Crippen molar-refractivity contribution in [3.63, 3.8) is 0 Å². The van der Waals surface area contributed by atoms with Crippen LogP contribution in [0.15, 0.2) is 24.3 Å². The molecule has 0 spiro atoms. The van der Waals surface area contributed by atoms with E-state index in [1.165, 1.54) is 12.1 Å². The maximum Gasteiger partial charge on any atom is 0.293 e. The summed E-state index contributed by atoms with van der Waals surface area (Å²) in [4.78, 5) is 18.6. The van der Waals surface area contributed by atoms with Crippen LogP contribution < -0.4 is 0 Å². The Morgan fingerprint density at radius 2 is 1.86 bits per heavy atom. The molecule has 1 aliphatic rings. The van der Waals surface area contributed by atoms with E-state index in [1.807, 2.05) is 4.90 Å². The number of likely N-dealkylation sites (tertiary alicyclic amines) is 1. The third-order valence-electron chi connectivity index (χ3n) is 4.10. The largest absolute Gasteiger partial charge is 0.336 e. The van der Waals surface area contributed by atoms with Gasteiger partial charge in [-0.05, 0) is 49.9 Å². The molecule has 1 aromatic heterocycles. The molecule has 5 nitrogen and oxygen atoms in total. The molecule has 3 rings (SSSR count). The summed E-state index contributed by atoms with van der Waals surface area (Å²) in [5, 5.41) is 4.30. The first-order chi connectivity index (χ1) is 10.5. The average Bonchev–Trinajstić information content (AvgIpc) is 2.90. The van der Waals surface area contributed by atoms with Gasteiger partial charge in [-0.3, -0.25) is 4.79 Å². The number of halogens is 1. The Morgan fingerprint density at radius 3 is 2.50 bits per heavy atom. The van der Waals surface area contributed by atoms with Crippen molar-refractivity contribution in [2.75, 3.05) is 13.1 Å². The lowest BCUT2D eigenvalue weighted by atomic mass is 9.99. The van der Waals surface area contributed by atoms with Crippen molar-refractivity contribution in [1.29, 1.82) is 0 Å². The Balaban J connectivity index is 1.82. The number of piperidine rings is 1. The molecule has 0 N–H and O–H groups in total. The van der Waals surface area contributed by atoms with E-state index >= 15 is 0 Å². The van der Waals surface area contributed by atoms with Gasteiger partial charge in [0.1, 0.15) is 11.6 Å². The van der Waals surface area contributed by atoms with Gasteiger partial charge < -0.3 is 4.90 Å². The van der Waals surface area contributed by atoms with Gasteiger partial charge >= 0.3 is 0 Å². The summed E-state index contributed by atoms with van der Waals surface area (Å²) in [6, 6.07) is 5.97. The molecule has 0 radical (unpaired) electrons. The second-order valence-electron chi connectivity index (χ2n) is 5.85. The van der Waals surface area contributed by atoms with Crippen LogP contribution in [0.5, 0.6) is 0 Å². The van der Waals surface area contributed by atoms with E-state index in [1.54, 1.807) is 23.7 Å². The number of nitrogens with zero attached hydrogens (tertiary/aromatic N) is 4. The normalized spacial score (nSPS) is 16.0. The molecule has 1 aromatic carbocycles. The molecular weight excluding hydrogens is 283 g/mol. The van der Waals surface area contributed by atoms with Crippen molar-refractivity contribution in [1.82, 2.24) is 19.7 Å². The summed E-state index contributed by atoms with van der Waals surface area (Å²) in [5.74, 6) is 1.04. The van der Waals surface area contributed by atoms with Crippen LogP contribution in [0.4, 0.5) is 4.39 Å². The zero-order chi connectivity index (χ0) is 15.7. The highest BCUT2D eigenvalue weighted by Crippen LogP contribution is 2.18. The fraction of sp³-hybridized carbons (Fsp3) is 0.438. The lowest BCUT2D eigenvalue weighted by molar-refractivity contribution is 0.0685. The Morgan fingerprint density at radius 1 is 1.23 bits per heavy atom. The molecule has 0 saturated carbocycles. The number of hydrogen-bond acceptors (Lipinski definition) is 3. The van der Waals surface area contributed by atoms with E-state index in [-0.39, 0.29) is 17.5 Å². The minimum Gasteiger partial charge on any atom is -0.336 e. The summed E-state index contributed by atoms with van der Waals surface area (Å²) < 4.78 is 14.6. The summed E-state index contributed by atoms with van der Waals surface area (Å²) in [6.07, 6.45) is 2.03. The minimum absolute atomic E-state index is 0.129. The predicted octanol–water partition coefficient (Wildman–Crippen LogP) is 2.59. The first kappa shape index (κ1) is 14.7. The summed E-state index contributed by atoms with van der Waals surface area (Å²) in [5.41, 5.74) is 0.692. The molecule has 0 bridgehead atoms. The highest BCUT2D eigenvalue weighted by Gasteiger charge is 2.25. The first-order valence-electron chi connectivity index (χ1n) is 7.53. The predicted molar refractivity (Wildman–Crippen MR) is 80.4 cm³/mol. The maximum absolute atomic E-state index is 13.0. The second kappa shape index (κ2) is 5.87. The fourth-order valence-electron chi connectivity index (χ4n) is 2.66. The molecule has 1 aliphatic heterocycles. The smallest absolute Gasteiger partial charge is 0.293 e. The third kappa shape index (κ3) is 2.86. The van der Waals surface area contributed by atoms with E-state index < -0.39 is 0 Å². The van der Waals surface area contributed by atoms with Crippen LogP contribution in [0.25, 0.3) is 5.69 Å². The molecule has 22 heavy (non-hydrogen) atoms. The highest BCUT2D eigenvalue weighted by molar-refractivity contribution is 5.90. The van der Waals surface area contributed by atoms with Gasteiger partial charge in [-0.2, -0.15) is 0 Å². The van der Waals surface area contributed by atoms with Crippen LogP contribution in [0.1, 0.15) is 36.2 Å². The van der Waals surface area contributed by atoms with Crippen molar-refractivity contribution in [3.05, 3.63) is 41.7 Å². The molecule has 1 fully saturated rings. The third-order valence-corrected chi connectivity index (χ3v) is 4.10. The van der Waals surface area contributed by atoms with Gasteiger partial charge in [-0.15, -0.1) is 5.10 Å². The maximum atomic E-state index is 13.0. The Labute approximate surface area is 128 Å². The lowest BCUT2D eigenvalue weighted by Crippen LogP contribution is -2.38. The summed E-state index contributed by atoms with van der Waals surface area (Å²) >= 11 is 0. The summed E-state index contributed by atoms with van der Waals surface area (Å²) in [6.45, 7) is 5.49. The van der Waals surface area contributed by atoms with Crippen LogP contribution in [0.2, 0.25) is 0 Å². The number of aryl methyl sites for hydroxylation is 1. The number of rotatable bonds is 2. The van der Waals surface area contributed by atoms with Crippen molar-refractivity contribution in [2.24, 2.45) is 5.92 Å². The van der Waals surface area contributed by atoms with Gasteiger partial charge in [-0.25, -0.2) is 14.1 Å². The Bertz CT molecular complexity index is 672. The van der Waals surface area contributed by atoms with E-state index in [2.05, 4.69) is 17.0 Å². The number of carbonyl (C=O) groups excluding carboxylic acids is 1. The second-order valence-corrected chi connectivity index (χ2v) is 5.85. The fourth-order valence-corrected chi connectivity index (χ4v) is 2.66. The molecule has 0 aliphatic carbocycles. The Kier molecular flexibility index (Phi) is 3.92. The molecule has 2 heterocycles. The van der Waals surface area contributed by atoms with Crippen LogP contribution >= 0.6 is 0 Å². The van der Waals surface area contributed by atoms with Crippen molar-refractivity contribution in [3.8, 4) is 5.69 Å². The molecule has 2 aromatic rings.